The van der Waals surface area contributed by atoms with Crippen molar-refractivity contribution in [3.05, 3.63) is 54.3 Å². The van der Waals surface area contributed by atoms with Crippen molar-refractivity contribution >= 4 is 17.6 Å². The average molecular weight is 408 g/mol. The normalized spacial score (nSPS) is 23.5. The number of carbonyl (C=O) groups excluding carboxylic acids is 2. The first-order chi connectivity index (χ1) is 14.5. The number of piperidine rings is 1. The van der Waals surface area contributed by atoms with Gasteiger partial charge in [-0.2, -0.15) is 4.99 Å². The lowest BCUT2D eigenvalue weighted by molar-refractivity contribution is -0.138. The maximum Gasteiger partial charge on any atom is 0.274 e. The number of carbonyl (C=O) groups is 2. The Morgan fingerprint density at radius 3 is 2.77 bits per heavy atom. The monoisotopic (exact) mass is 407 g/mol. The van der Waals surface area contributed by atoms with Crippen molar-refractivity contribution in [1.82, 2.24) is 9.80 Å². The molecule has 1 aromatic carbocycles. The van der Waals surface area contributed by atoms with Crippen LogP contribution in [0.5, 0.6) is 5.75 Å². The molecular formula is C24H29N3O3. The van der Waals surface area contributed by atoms with Gasteiger partial charge >= 0.3 is 0 Å². The highest BCUT2D eigenvalue weighted by atomic mass is 16.5. The van der Waals surface area contributed by atoms with Gasteiger partial charge < -0.3 is 14.5 Å². The van der Waals surface area contributed by atoms with Crippen LogP contribution in [-0.4, -0.2) is 53.2 Å². The number of para-hydroxylation sites is 1. The summed E-state index contributed by atoms with van der Waals surface area (Å²) < 4.78 is 5.45. The number of fused-ring (bicyclic) bond motifs is 1. The number of ether oxygens (including phenoxy) is 1. The number of rotatable bonds is 6. The van der Waals surface area contributed by atoms with Crippen LogP contribution in [0.4, 0.5) is 0 Å². The third kappa shape index (κ3) is 3.91. The molecule has 6 nitrogen and oxygen atoms in total. The Bertz CT molecular complexity index is 912. The van der Waals surface area contributed by atoms with E-state index >= 15 is 0 Å². The van der Waals surface area contributed by atoms with Crippen LogP contribution in [0.15, 0.2) is 53.7 Å². The molecule has 0 aliphatic carbocycles. The second-order valence-corrected chi connectivity index (χ2v) is 8.47. The molecule has 4 rings (SSSR count). The number of benzene rings is 1. The summed E-state index contributed by atoms with van der Waals surface area (Å²) in [5, 5.41) is 0. The first kappa shape index (κ1) is 20.4. The van der Waals surface area contributed by atoms with E-state index in [1.54, 1.807) is 13.2 Å². The van der Waals surface area contributed by atoms with Gasteiger partial charge in [0.2, 0.25) is 5.91 Å². The van der Waals surface area contributed by atoms with Crippen LogP contribution < -0.4 is 4.74 Å². The second kappa shape index (κ2) is 8.46. The fourth-order valence-corrected chi connectivity index (χ4v) is 4.58. The average Bonchev–Trinajstić information content (AvgIpc) is 3.02. The van der Waals surface area contributed by atoms with Crippen LogP contribution in [0.25, 0.3) is 0 Å². The molecule has 30 heavy (non-hydrogen) atoms. The van der Waals surface area contributed by atoms with E-state index in [0.717, 1.165) is 44.5 Å². The van der Waals surface area contributed by atoms with Gasteiger partial charge in [0, 0.05) is 19.3 Å². The lowest BCUT2D eigenvalue weighted by atomic mass is 9.89. The molecule has 0 unspecified atom stereocenters. The van der Waals surface area contributed by atoms with Crippen molar-refractivity contribution in [1.29, 1.82) is 0 Å². The highest BCUT2D eigenvalue weighted by Gasteiger charge is 2.47. The molecule has 158 valence electrons. The first-order valence-corrected chi connectivity index (χ1v) is 10.7. The number of nitrogens with zero attached hydrogens (tertiary/aromatic N) is 3. The number of amides is 2. The summed E-state index contributed by atoms with van der Waals surface area (Å²) in [4.78, 5) is 33.4. The Balaban J connectivity index is 1.29. The SMILES string of the molecule is COc1ccccc1CCC1CCN(C(=O)C[C@]2(C)C(=O)N=C3C=CC=CN32)CC1. The molecular weight excluding hydrogens is 378 g/mol. The standard InChI is InChI=1S/C24H29N3O3/c1-24(23(29)25-21-9-5-6-14-27(21)24)17-22(28)26-15-12-18(13-16-26)10-11-19-7-3-4-8-20(19)30-2/h3-9,14,18H,10-13,15-17H2,1-2H3/t24-/m1/s1. The van der Waals surface area contributed by atoms with E-state index in [1.807, 2.05) is 53.3 Å². The topological polar surface area (TPSA) is 62.2 Å². The second-order valence-electron chi connectivity index (χ2n) is 8.47. The predicted molar refractivity (Wildman–Crippen MR) is 116 cm³/mol. The van der Waals surface area contributed by atoms with Gasteiger partial charge in [0.05, 0.1) is 13.5 Å². The molecule has 0 spiro atoms. The Labute approximate surface area is 177 Å². The van der Waals surface area contributed by atoms with E-state index < -0.39 is 5.54 Å². The number of hydrogen-bond donors (Lipinski definition) is 0. The molecule has 0 radical (unpaired) electrons. The van der Waals surface area contributed by atoms with Gasteiger partial charge in [0.25, 0.3) is 5.91 Å². The van der Waals surface area contributed by atoms with Crippen molar-refractivity contribution < 1.29 is 14.3 Å². The predicted octanol–water partition coefficient (Wildman–Crippen LogP) is 3.34. The zero-order chi connectivity index (χ0) is 21.1. The van der Waals surface area contributed by atoms with Crippen LogP contribution >= 0.6 is 0 Å². The largest absolute Gasteiger partial charge is 0.496 e. The van der Waals surface area contributed by atoms with E-state index in [2.05, 4.69) is 11.1 Å². The summed E-state index contributed by atoms with van der Waals surface area (Å²) in [7, 11) is 1.71. The molecule has 0 N–H and O–H groups in total. The Morgan fingerprint density at radius 2 is 2.00 bits per heavy atom. The number of likely N-dealkylation sites (tertiary alicyclic amines) is 1. The van der Waals surface area contributed by atoms with Crippen LogP contribution in [0.3, 0.4) is 0 Å². The van der Waals surface area contributed by atoms with Crippen molar-refractivity contribution in [2.45, 2.75) is 44.6 Å². The van der Waals surface area contributed by atoms with Crippen LogP contribution in [-0.2, 0) is 16.0 Å². The van der Waals surface area contributed by atoms with Crippen molar-refractivity contribution in [3.8, 4) is 5.75 Å². The summed E-state index contributed by atoms with van der Waals surface area (Å²) >= 11 is 0. The Hall–Kier alpha value is -2.89. The first-order valence-electron chi connectivity index (χ1n) is 10.7. The Kier molecular flexibility index (Phi) is 5.75. The molecule has 0 saturated carbocycles. The summed E-state index contributed by atoms with van der Waals surface area (Å²) in [6.45, 7) is 3.32. The zero-order valence-electron chi connectivity index (χ0n) is 17.7. The quantitative estimate of drug-likeness (QED) is 0.726. The summed E-state index contributed by atoms with van der Waals surface area (Å²) in [6, 6.07) is 8.17. The summed E-state index contributed by atoms with van der Waals surface area (Å²) in [6.07, 6.45) is 11.6. The molecule has 0 aromatic heterocycles. The van der Waals surface area contributed by atoms with E-state index in [9.17, 15) is 9.59 Å². The van der Waals surface area contributed by atoms with Gasteiger partial charge in [0.15, 0.2) is 0 Å². The number of allylic oxidation sites excluding steroid dienone is 2. The Morgan fingerprint density at radius 1 is 1.23 bits per heavy atom. The van der Waals surface area contributed by atoms with E-state index in [-0.39, 0.29) is 18.2 Å². The fraction of sp³-hybridized carbons (Fsp3) is 0.458. The summed E-state index contributed by atoms with van der Waals surface area (Å²) in [5.41, 5.74) is 0.319. The van der Waals surface area contributed by atoms with Gasteiger partial charge in [-0.15, -0.1) is 0 Å². The number of aryl methyl sites for hydroxylation is 1. The smallest absolute Gasteiger partial charge is 0.274 e. The zero-order valence-corrected chi connectivity index (χ0v) is 17.7. The molecule has 1 saturated heterocycles. The maximum absolute atomic E-state index is 13.0. The van der Waals surface area contributed by atoms with Gasteiger partial charge in [-0.25, -0.2) is 0 Å². The molecule has 3 aliphatic heterocycles. The van der Waals surface area contributed by atoms with Crippen molar-refractivity contribution in [3.63, 3.8) is 0 Å². The minimum absolute atomic E-state index is 0.0356. The molecule has 6 heteroatoms. The molecule has 3 aliphatic rings. The van der Waals surface area contributed by atoms with Crippen LogP contribution in [0, 0.1) is 5.92 Å². The lowest BCUT2D eigenvalue weighted by Crippen LogP contribution is -2.51. The number of aliphatic imine (C=N–C) groups is 1. The van der Waals surface area contributed by atoms with Crippen LogP contribution in [0.2, 0.25) is 0 Å². The van der Waals surface area contributed by atoms with E-state index in [4.69, 9.17) is 4.74 Å². The molecule has 3 heterocycles. The van der Waals surface area contributed by atoms with Gasteiger partial charge in [-0.1, -0.05) is 24.3 Å². The third-order valence-corrected chi connectivity index (χ3v) is 6.52. The third-order valence-electron chi connectivity index (χ3n) is 6.52. The highest BCUT2D eigenvalue weighted by Crippen LogP contribution is 2.32. The minimum Gasteiger partial charge on any atom is -0.496 e. The molecule has 1 aromatic rings. The maximum atomic E-state index is 13.0. The number of methoxy groups -OCH3 is 1. The van der Waals surface area contributed by atoms with Crippen molar-refractivity contribution in [2.24, 2.45) is 10.9 Å². The molecule has 1 fully saturated rings. The van der Waals surface area contributed by atoms with Gasteiger partial charge in [0.1, 0.15) is 17.1 Å². The molecule has 2 amide bonds. The molecule has 0 bridgehead atoms. The fourth-order valence-electron chi connectivity index (χ4n) is 4.58. The van der Waals surface area contributed by atoms with Gasteiger partial charge in [-0.05, 0) is 62.3 Å². The number of amidine groups is 1. The minimum atomic E-state index is -0.922. The molecule has 1 atom stereocenters. The lowest BCUT2D eigenvalue weighted by Gasteiger charge is -2.37. The van der Waals surface area contributed by atoms with Gasteiger partial charge in [-0.3, -0.25) is 9.59 Å². The van der Waals surface area contributed by atoms with Crippen LogP contribution in [0.1, 0.15) is 38.2 Å². The van der Waals surface area contributed by atoms with E-state index in [0.29, 0.717) is 11.8 Å². The van der Waals surface area contributed by atoms with E-state index in [1.165, 1.54) is 5.56 Å². The van der Waals surface area contributed by atoms with Crippen molar-refractivity contribution in [2.75, 3.05) is 20.2 Å². The highest BCUT2D eigenvalue weighted by molar-refractivity contribution is 6.13. The number of hydrogen-bond acceptors (Lipinski definition) is 4. The summed E-state index contributed by atoms with van der Waals surface area (Å²) in [5.74, 6) is 1.96.